The topological polar surface area (TPSA) is 64.8 Å². The molecule has 1 aliphatic rings. The number of aliphatic hydroxyl groups is 1. The fourth-order valence-corrected chi connectivity index (χ4v) is 3.02. The molecule has 4 heteroatoms. The molecule has 3 N–H and O–H groups in total. The van der Waals surface area contributed by atoms with E-state index in [9.17, 15) is 10.2 Å². The number of rotatable bonds is 5. The number of hydrogen-bond acceptors (Lipinski definition) is 4. The number of phenols is 1. The molecule has 0 amide bonds. The van der Waals surface area contributed by atoms with E-state index in [1.165, 1.54) is 0 Å². The second-order valence-electron chi connectivity index (χ2n) is 6.66. The first-order chi connectivity index (χ1) is 9.77. The Kier molecular flexibility index (Phi) is 4.40. The largest absolute Gasteiger partial charge is 0.506 e. The first-order valence-corrected chi connectivity index (χ1v) is 7.63. The molecule has 0 aromatic heterocycles. The van der Waals surface area contributed by atoms with Gasteiger partial charge in [-0.3, -0.25) is 4.99 Å². The molecule has 0 radical (unpaired) electrons. The van der Waals surface area contributed by atoms with Crippen molar-refractivity contribution in [2.45, 2.75) is 64.6 Å². The maximum Gasteiger partial charge on any atom is 0.141 e. The molecule has 0 bridgehead atoms. The Morgan fingerprint density at radius 3 is 2.52 bits per heavy atom. The van der Waals surface area contributed by atoms with Crippen LogP contribution in [0.3, 0.4) is 0 Å². The van der Waals surface area contributed by atoms with Crippen molar-refractivity contribution in [3.05, 3.63) is 23.3 Å². The molecule has 1 heterocycles. The van der Waals surface area contributed by atoms with Gasteiger partial charge in [-0.2, -0.15) is 0 Å². The molecule has 0 aliphatic carbocycles. The Morgan fingerprint density at radius 1 is 1.29 bits per heavy atom. The molecule has 0 spiro atoms. The Morgan fingerprint density at radius 2 is 1.95 bits per heavy atom. The van der Waals surface area contributed by atoms with E-state index in [-0.39, 0.29) is 17.2 Å². The minimum Gasteiger partial charge on any atom is -0.506 e. The molecule has 1 aromatic carbocycles. The molecular formula is C17H26N2O2. The average molecular weight is 290 g/mol. The Hall–Kier alpha value is -1.39. The lowest BCUT2D eigenvalue weighted by Crippen LogP contribution is -2.39. The van der Waals surface area contributed by atoms with Gasteiger partial charge < -0.3 is 15.5 Å². The highest BCUT2D eigenvalue weighted by Gasteiger charge is 2.35. The number of nitrogens with zero attached hydrogens (tertiary/aromatic N) is 1. The van der Waals surface area contributed by atoms with Gasteiger partial charge in [0.2, 0.25) is 0 Å². The van der Waals surface area contributed by atoms with E-state index >= 15 is 0 Å². The van der Waals surface area contributed by atoms with E-state index in [0.717, 1.165) is 17.5 Å². The summed E-state index contributed by atoms with van der Waals surface area (Å²) in [7, 11) is 0. The van der Waals surface area contributed by atoms with E-state index in [1.807, 2.05) is 12.3 Å². The number of aliphatic imine (C=N–C) groups is 1. The van der Waals surface area contributed by atoms with Crippen molar-refractivity contribution in [2.75, 3.05) is 0 Å². The van der Waals surface area contributed by atoms with Gasteiger partial charge in [-0.1, -0.05) is 40.7 Å². The molecule has 2 unspecified atom stereocenters. The maximum atomic E-state index is 10.8. The van der Waals surface area contributed by atoms with Crippen molar-refractivity contribution < 1.29 is 10.2 Å². The van der Waals surface area contributed by atoms with Gasteiger partial charge in [0, 0.05) is 23.7 Å². The van der Waals surface area contributed by atoms with Gasteiger partial charge in [0.1, 0.15) is 11.4 Å². The second-order valence-corrected chi connectivity index (χ2v) is 6.66. The number of aliphatic hydroxyl groups excluding tert-OH is 1. The fourth-order valence-electron chi connectivity index (χ4n) is 3.02. The first-order valence-electron chi connectivity index (χ1n) is 7.63. The van der Waals surface area contributed by atoms with Gasteiger partial charge in [-0.25, -0.2) is 0 Å². The van der Waals surface area contributed by atoms with Crippen LogP contribution in [0.2, 0.25) is 0 Å². The fraction of sp³-hybridized carbons (Fsp3) is 0.588. The first kappa shape index (κ1) is 16.0. The van der Waals surface area contributed by atoms with Gasteiger partial charge in [0.05, 0.1) is 6.10 Å². The Labute approximate surface area is 126 Å². The van der Waals surface area contributed by atoms with Crippen molar-refractivity contribution in [3.8, 4) is 5.75 Å². The van der Waals surface area contributed by atoms with Crippen LogP contribution in [-0.4, -0.2) is 28.5 Å². The lowest BCUT2D eigenvalue weighted by atomic mass is 9.80. The predicted molar refractivity (Wildman–Crippen MR) is 86.6 cm³/mol. The quantitative estimate of drug-likeness (QED) is 0.780. The summed E-state index contributed by atoms with van der Waals surface area (Å²) in [6, 6.07) is 3.73. The zero-order valence-corrected chi connectivity index (χ0v) is 13.5. The summed E-state index contributed by atoms with van der Waals surface area (Å²) < 4.78 is 0. The molecule has 1 aliphatic heterocycles. The molecular weight excluding hydrogens is 264 g/mol. The van der Waals surface area contributed by atoms with E-state index < -0.39 is 6.10 Å². The van der Waals surface area contributed by atoms with E-state index in [2.05, 4.69) is 44.9 Å². The highest BCUT2D eigenvalue weighted by atomic mass is 16.3. The molecule has 0 saturated carbocycles. The summed E-state index contributed by atoms with van der Waals surface area (Å²) in [6.07, 6.45) is 2.05. The number of hydrogen-bond donors (Lipinski definition) is 3. The number of aromatic hydroxyl groups is 1. The molecule has 1 aromatic rings. The van der Waals surface area contributed by atoms with Crippen LogP contribution in [0.5, 0.6) is 5.75 Å². The summed E-state index contributed by atoms with van der Waals surface area (Å²) in [5, 5.41) is 24.2. The van der Waals surface area contributed by atoms with Crippen molar-refractivity contribution in [2.24, 2.45) is 4.99 Å². The van der Waals surface area contributed by atoms with Crippen LogP contribution in [0.25, 0.3) is 0 Å². The minimum atomic E-state index is -0.618. The van der Waals surface area contributed by atoms with Gasteiger partial charge >= 0.3 is 0 Å². The zero-order chi connectivity index (χ0) is 15.8. The summed E-state index contributed by atoms with van der Waals surface area (Å²) in [4.78, 5) is 4.33. The number of nitrogens with one attached hydrogen (secondary N) is 1. The number of fused-ring (bicyclic) bond motifs is 1. The molecule has 0 fully saturated rings. The third kappa shape index (κ3) is 2.97. The van der Waals surface area contributed by atoms with Crippen molar-refractivity contribution >= 4 is 11.9 Å². The van der Waals surface area contributed by atoms with Crippen molar-refractivity contribution in [1.29, 1.82) is 0 Å². The smallest absolute Gasteiger partial charge is 0.141 e. The van der Waals surface area contributed by atoms with E-state index in [1.54, 1.807) is 6.07 Å². The monoisotopic (exact) mass is 290 g/mol. The van der Waals surface area contributed by atoms with Gasteiger partial charge in [-0.05, 0) is 23.6 Å². The summed E-state index contributed by atoms with van der Waals surface area (Å²) in [5.74, 6) is 0.174. The molecule has 116 valence electrons. The Bertz CT molecular complexity index is 550. The third-order valence-electron chi connectivity index (χ3n) is 4.04. The summed E-state index contributed by atoms with van der Waals surface area (Å²) in [5.41, 5.74) is 2.10. The second kappa shape index (κ2) is 5.78. The van der Waals surface area contributed by atoms with E-state index in [4.69, 9.17) is 0 Å². The molecule has 2 rings (SSSR count). The van der Waals surface area contributed by atoms with Crippen LogP contribution in [0.4, 0.5) is 5.69 Å². The van der Waals surface area contributed by atoms with Crippen LogP contribution in [0.15, 0.2) is 17.1 Å². The van der Waals surface area contributed by atoms with Crippen LogP contribution in [0.1, 0.15) is 58.3 Å². The van der Waals surface area contributed by atoms with E-state index in [0.29, 0.717) is 11.7 Å². The highest BCUT2D eigenvalue weighted by molar-refractivity contribution is 5.87. The maximum absolute atomic E-state index is 10.8. The Balaban J connectivity index is 2.44. The normalized spacial score (nSPS) is 18.8. The number of phenolic OH excluding ortho intramolecular Hbond substituents is 1. The molecule has 0 saturated heterocycles. The zero-order valence-electron chi connectivity index (χ0n) is 13.5. The van der Waals surface area contributed by atoms with Crippen LogP contribution in [-0.2, 0) is 5.41 Å². The third-order valence-corrected chi connectivity index (χ3v) is 4.04. The predicted octanol–water partition coefficient (Wildman–Crippen LogP) is 3.20. The van der Waals surface area contributed by atoms with Gasteiger partial charge in [-0.15, -0.1) is 0 Å². The number of benzene rings is 1. The van der Waals surface area contributed by atoms with Crippen molar-refractivity contribution in [1.82, 2.24) is 5.32 Å². The molecule has 2 atom stereocenters. The lowest BCUT2D eigenvalue weighted by molar-refractivity contribution is 0.120. The summed E-state index contributed by atoms with van der Waals surface area (Å²) in [6.45, 7) is 10.3. The van der Waals surface area contributed by atoms with Crippen LogP contribution < -0.4 is 5.32 Å². The minimum absolute atomic E-state index is 0.0185. The lowest BCUT2D eigenvalue weighted by Gasteiger charge is -2.29. The van der Waals surface area contributed by atoms with Gasteiger partial charge in [0.25, 0.3) is 0 Å². The van der Waals surface area contributed by atoms with Crippen molar-refractivity contribution in [3.63, 3.8) is 0 Å². The highest BCUT2D eigenvalue weighted by Crippen LogP contribution is 2.46. The molecule has 4 nitrogen and oxygen atoms in total. The SMILES string of the molecule is CCC(NC(C)C)C(O)c1ccc(O)c2c1C(C)(C)C=N2. The van der Waals surface area contributed by atoms with Crippen LogP contribution >= 0.6 is 0 Å². The van der Waals surface area contributed by atoms with Crippen LogP contribution in [0, 0.1) is 0 Å². The standard InChI is InChI=1S/C17H26N2O2/c1-6-12(19-10(2)3)16(21)11-7-8-13(20)15-14(11)17(4,5)9-18-15/h7-10,12,16,19-21H,6H2,1-5H3. The average Bonchev–Trinajstić information content (AvgIpc) is 2.73. The summed E-state index contributed by atoms with van der Waals surface area (Å²) >= 11 is 0. The van der Waals surface area contributed by atoms with Gasteiger partial charge in [0.15, 0.2) is 0 Å². The molecule has 21 heavy (non-hydrogen) atoms.